The van der Waals surface area contributed by atoms with E-state index >= 15 is 0 Å². The Morgan fingerprint density at radius 3 is 2.55 bits per heavy atom. The molecule has 1 aromatic carbocycles. The predicted octanol–water partition coefficient (Wildman–Crippen LogP) is 3.12. The van der Waals surface area contributed by atoms with Crippen LogP contribution in [0, 0.1) is 5.41 Å². The lowest BCUT2D eigenvalue weighted by Crippen LogP contribution is -2.32. The Morgan fingerprint density at radius 1 is 1.35 bits per heavy atom. The van der Waals surface area contributed by atoms with Crippen molar-refractivity contribution in [1.82, 2.24) is 4.31 Å². The second kappa shape index (κ2) is 5.54. The molecule has 0 atom stereocenters. The van der Waals surface area contributed by atoms with Crippen LogP contribution in [0.3, 0.4) is 0 Å². The van der Waals surface area contributed by atoms with Crippen molar-refractivity contribution in [2.75, 3.05) is 18.8 Å². The Bertz CT molecular complexity index is 597. The second-order valence-electron chi connectivity index (χ2n) is 5.48. The molecule has 2 rings (SSSR count). The number of benzene rings is 1. The second-order valence-corrected chi connectivity index (χ2v) is 7.82. The van der Waals surface area contributed by atoms with Crippen LogP contribution in [0.4, 0.5) is 5.69 Å². The fourth-order valence-corrected chi connectivity index (χ4v) is 4.73. The summed E-state index contributed by atoms with van der Waals surface area (Å²) >= 11 is 5.90. The summed E-state index contributed by atoms with van der Waals surface area (Å²) in [7, 11) is -3.56. The molecule has 4 nitrogen and oxygen atoms in total. The van der Waals surface area contributed by atoms with Crippen molar-refractivity contribution in [3.63, 3.8) is 0 Å². The Balaban J connectivity index is 2.35. The number of nitrogen functional groups attached to an aromatic ring is 1. The van der Waals surface area contributed by atoms with E-state index in [0.29, 0.717) is 18.1 Å². The maximum Gasteiger partial charge on any atom is 0.245 e. The first-order chi connectivity index (χ1) is 9.34. The molecule has 1 heterocycles. The molecule has 0 bridgehead atoms. The smallest absolute Gasteiger partial charge is 0.245 e. The molecule has 1 fully saturated rings. The van der Waals surface area contributed by atoms with E-state index < -0.39 is 10.0 Å². The highest BCUT2D eigenvalue weighted by molar-refractivity contribution is 7.89. The monoisotopic (exact) mass is 316 g/mol. The molecule has 20 heavy (non-hydrogen) atoms. The molecular formula is C14H21ClN2O2S. The highest BCUT2D eigenvalue weighted by Gasteiger charge is 2.41. The van der Waals surface area contributed by atoms with Gasteiger partial charge in [0.2, 0.25) is 10.0 Å². The normalized spacial score (nSPS) is 19.4. The maximum absolute atomic E-state index is 12.7. The molecule has 1 aliphatic heterocycles. The van der Waals surface area contributed by atoms with Crippen molar-refractivity contribution < 1.29 is 8.42 Å². The molecule has 0 unspecified atom stereocenters. The number of sulfonamides is 1. The van der Waals surface area contributed by atoms with Crippen LogP contribution in [0.1, 0.15) is 33.1 Å². The molecule has 0 aliphatic carbocycles. The van der Waals surface area contributed by atoms with E-state index in [1.54, 1.807) is 10.4 Å². The van der Waals surface area contributed by atoms with E-state index in [1.165, 1.54) is 12.1 Å². The molecule has 0 spiro atoms. The maximum atomic E-state index is 12.7. The summed E-state index contributed by atoms with van der Waals surface area (Å²) in [5.74, 6) is 0. The first-order valence-electron chi connectivity index (χ1n) is 6.90. The van der Waals surface area contributed by atoms with Crippen LogP contribution >= 0.6 is 11.6 Å². The van der Waals surface area contributed by atoms with E-state index in [4.69, 9.17) is 17.3 Å². The predicted molar refractivity (Wildman–Crippen MR) is 82.3 cm³/mol. The van der Waals surface area contributed by atoms with Gasteiger partial charge in [0.05, 0.1) is 5.69 Å². The number of rotatable bonds is 4. The molecule has 0 saturated carbocycles. The fraction of sp³-hybridized carbons (Fsp3) is 0.571. The third kappa shape index (κ3) is 2.67. The highest BCUT2D eigenvalue weighted by Crippen LogP contribution is 2.40. The van der Waals surface area contributed by atoms with Crippen molar-refractivity contribution in [2.45, 2.75) is 38.0 Å². The minimum absolute atomic E-state index is 0.0976. The lowest BCUT2D eigenvalue weighted by atomic mass is 9.82. The summed E-state index contributed by atoms with van der Waals surface area (Å²) in [6, 6.07) is 4.57. The van der Waals surface area contributed by atoms with Crippen LogP contribution in [-0.4, -0.2) is 25.8 Å². The summed E-state index contributed by atoms with van der Waals surface area (Å²) < 4.78 is 27.0. The quantitative estimate of drug-likeness (QED) is 0.868. The largest absolute Gasteiger partial charge is 0.398 e. The summed E-state index contributed by atoms with van der Waals surface area (Å²) in [5.41, 5.74) is 6.16. The van der Waals surface area contributed by atoms with Gasteiger partial charge in [-0.2, -0.15) is 4.31 Å². The minimum atomic E-state index is -3.56. The van der Waals surface area contributed by atoms with Gasteiger partial charge in [-0.3, -0.25) is 0 Å². The number of nitrogens with zero attached hydrogens (tertiary/aromatic N) is 1. The van der Waals surface area contributed by atoms with Crippen molar-refractivity contribution in [3.8, 4) is 0 Å². The molecular weight excluding hydrogens is 296 g/mol. The van der Waals surface area contributed by atoms with E-state index in [9.17, 15) is 8.42 Å². The topological polar surface area (TPSA) is 63.4 Å². The van der Waals surface area contributed by atoms with Crippen LogP contribution in [0.25, 0.3) is 0 Å². The number of hydrogen-bond acceptors (Lipinski definition) is 3. The molecule has 0 amide bonds. The molecule has 2 N–H and O–H groups in total. The zero-order valence-corrected chi connectivity index (χ0v) is 13.5. The van der Waals surface area contributed by atoms with Crippen LogP contribution in [-0.2, 0) is 10.0 Å². The van der Waals surface area contributed by atoms with Gasteiger partial charge in [-0.25, -0.2) is 8.42 Å². The minimum Gasteiger partial charge on any atom is -0.398 e. The summed E-state index contributed by atoms with van der Waals surface area (Å²) in [6.07, 6.45) is 2.88. The number of halogens is 1. The van der Waals surface area contributed by atoms with Gasteiger partial charge in [-0.05, 0) is 42.9 Å². The first-order valence-corrected chi connectivity index (χ1v) is 8.71. The third-order valence-corrected chi connectivity index (χ3v) is 6.63. The van der Waals surface area contributed by atoms with Gasteiger partial charge in [-0.15, -0.1) is 0 Å². The standard InChI is InChI=1S/C14H21ClN2O2S/c1-3-14(4-2)7-8-17(10-14)20(18,19)13-9-11(15)5-6-12(13)16/h5-6,9H,3-4,7-8,10,16H2,1-2H3. The van der Waals surface area contributed by atoms with Crippen LogP contribution < -0.4 is 5.73 Å². The van der Waals surface area contributed by atoms with Gasteiger partial charge in [0.1, 0.15) is 4.90 Å². The van der Waals surface area contributed by atoms with E-state index in [0.717, 1.165) is 19.3 Å². The average Bonchev–Trinajstić information content (AvgIpc) is 2.87. The van der Waals surface area contributed by atoms with Crippen molar-refractivity contribution in [2.24, 2.45) is 5.41 Å². The number of nitrogens with two attached hydrogens (primary N) is 1. The zero-order chi connectivity index (χ0) is 15.0. The van der Waals surface area contributed by atoms with Gasteiger partial charge in [0.25, 0.3) is 0 Å². The highest BCUT2D eigenvalue weighted by atomic mass is 35.5. The van der Waals surface area contributed by atoms with Gasteiger partial charge >= 0.3 is 0 Å². The van der Waals surface area contributed by atoms with Crippen LogP contribution in [0.5, 0.6) is 0 Å². The third-order valence-electron chi connectivity index (χ3n) is 4.50. The lowest BCUT2D eigenvalue weighted by Gasteiger charge is -2.26. The van der Waals surface area contributed by atoms with Crippen LogP contribution in [0.15, 0.2) is 23.1 Å². The molecule has 6 heteroatoms. The van der Waals surface area contributed by atoms with Gasteiger partial charge in [-0.1, -0.05) is 25.4 Å². The first kappa shape index (κ1) is 15.6. The molecule has 1 aliphatic rings. The van der Waals surface area contributed by atoms with Crippen molar-refractivity contribution >= 4 is 27.3 Å². The van der Waals surface area contributed by atoms with E-state index in [1.807, 2.05) is 0 Å². The van der Waals surface area contributed by atoms with Gasteiger partial charge in [0.15, 0.2) is 0 Å². The SMILES string of the molecule is CCC1(CC)CCN(S(=O)(=O)c2cc(Cl)ccc2N)C1. The van der Waals surface area contributed by atoms with E-state index in [-0.39, 0.29) is 16.0 Å². The number of anilines is 1. The molecule has 0 aromatic heterocycles. The molecule has 112 valence electrons. The zero-order valence-electron chi connectivity index (χ0n) is 11.9. The Morgan fingerprint density at radius 2 is 2.00 bits per heavy atom. The molecule has 1 aromatic rings. The molecule has 1 saturated heterocycles. The van der Waals surface area contributed by atoms with Gasteiger partial charge < -0.3 is 5.73 Å². The summed E-state index contributed by atoms with van der Waals surface area (Å²) in [6.45, 7) is 5.35. The summed E-state index contributed by atoms with van der Waals surface area (Å²) in [4.78, 5) is 0.119. The lowest BCUT2D eigenvalue weighted by molar-refractivity contribution is 0.279. The van der Waals surface area contributed by atoms with Crippen molar-refractivity contribution in [1.29, 1.82) is 0 Å². The van der Waals surface area contributed by atoms with Gasteiger partial charge in [0, 0.05) is 18.1 Å². The Hall–Kier alpha value is -0.780. The van der Waals surface area contributed by atoms with Crippen molar-refractivity contribution in [3.05, 3.63) is 23.2 Å². The molecule has 0 radical (unpaired) electrons. The Kier molecular flexibility index (Phi) is 4.33. The average molecular weight is 317 g/mol. The van der Waals surface area contributed by atoms with E-state index in [2.05, 4.69) is 13.8 Å². The number of hydrogen-bond donors (Lipinski definition) is 1. The Labute approximate surface area is 126 Å². The fourth-order valence-electron chi connectivity index (χ4n) is 2.80. The van der Waals surface area contributed by atoms with Crippen LogP contribution in [0.2, 0.25) is 5.02 Å². The summed E-state index contributed by atoms with van der Waals surface area (Å²) in [5, 5.41) is 0.384.